The number of hydrogen-bond donors (Lipinski definition) is 1. The Morgan fingerprint density at radius 2 is 1.69 bits per heavy atom. The molecule has 2 heterocycles. The highest BCUT2D eigenvalue weighted by atomic mass is 19.1. The first-order chi connectivity index (χ1) is 14.2. The molecule has 4 aromatic rings. The summed E-state index contributed by atoms with van der Waals surface area (Å²) in [4.78, 5) is 16.3. The van der Waals surface area contributed by atoms with E-state index in [1.165, 1.54) is 12.1 Å². The minimum Gasteiger partial charge on any atom is -0.444 e. The summed E-state index contributed by atoms with van der Waals surface area (Å²) in [5.41, 5.74) is 3.26. The number of nitrogens with one attached hydrogen (secondary N) is 1. The summed E-state index contributed by atoms with van der Waals surface area (Å²) in [6.45, 7) is 0.121. The van der Waals surface area contributed by atoms with Crippen molar-refractivity contribution in [2.45, 2.75) is 6.61 Å². The summed E-state index contributed by atoms with van der Waals surface area (Å²) in [5, 5.41) is 6.67. The number of ether oxygens (including phenoxy) is 1. The van der Waals surface area contributed by atoms with Crippen LogP contribution in [0.5, 0.6) is 0 Å². The van der Waals surface area contributed by atoms with Crippen LogP contribution in [0.1, 0.15) is 5.56 Å². The van der Waals surface area contributed by atoms with Gasteiger partial charge in [0.25, 0.3) is 0 Å². The molecule has 0 aliphatic carbocycles. The van der Waals surface area contributed by atoms with Crippen LogP contribution in [0.15, 0.2) is 83.6 Å². The highest BCUT2D eigenvalue weighted by Crippen LogP contribution is 2.37. The number of halogens is 1. The Hall–Kier alpha value is -4.00. The molecule has 0 atom stereocenters. The topological polar surface area (TPSA) is 77.3 Å². The Labute approximate surface area is 166 Å². The zero-order valence-electron chi connectivity index (χ0n) is 15.2. The van der Waals surface area contributed by atoms with Crippen LogP contribution in [0.4, 0.5) is 15.1 Å². The Kier molecular flexibility index (Phi) is 5.29. The molecule has 1 amide bonds. The van der Waals surface area contributed by atoms with Gasteiger partial charge in [-0.1, -0.05) is 35.5 Å². The van der Waals surface area contributed by atoms with Crippen molar-refractivity contribution in [2.75, 3.05) is 5.32 Å². The second-order valence-corrected chi connectivity index (χ2v) is 6.16. The van der Waals surface area contributed by atoms with Gasteiger partial charge in [-0.15, -0.1) is 0 Å². The van der Waals surface area contributed by atoms with Crippen LogP contribution in [0.25, 0.3) is 22.4 Å². The zero-order valence-corrected chi connectivity index (χ0v) is 15.2. The minimum atomic E-state index is -0.675. The molecule has 0 spiro atoms. The van der Waals surface area contributed by atoms with E-state index in [1.54, 1.807) is 36.7 Å². The van der Waals surface area contributed by atoms with E-state index in [-0.39, 0.29) is 18.3 Å². The van der Waals surface area contributed by atoms with Crippen LogP contribution in [0.3, 0.4) is 0 Å². The van der Waals surface area contributed by atoms with E-state index in [1.807, 2.05) is 30.3 Å². The molecule has 0 aliphatic heterocycles. The van der Waals surface area contributed by atoms with Gasteiger partial charge in [0.1, 0.15) is 18.1 Å². The molecule has 29 heavy (non-hydrogen) atoms. The van der Waals surface area contributed by atoms with E-state index < -0.39 is 6.09 Å². The summed E-state index contributed by atoms with van der Waals surface area (Å²) in [5.74, 6) is -0.223. The molecular weight excluding hydrogens is 373 g/mol. The highest BCUT2D eigenvalue weighted by Gasteiger charge is 2.21. The van der Waals surface area contributed by atoms with Gasteiger partial charge in [0.15, 0.2) is 0 Å². The lowest BCUT2D eigenvalue weighted by Gasteiger charge is -2.07. The number of hydrogen-bond acceptors (Lipinski definition) is 5. The summed E-state index contributed by atoms with van der Waals surface area (Å²) < 4.78 is 23.9. The molecule has 0 saturated carbocycles. The van der Waals surface area contributed by atoms with Gasteiger partial charge in [0.2, 0.25) is 5.88 Å². The third-order valence-electron chi connectivity index (χ3n) is 4.21. The first-order valence-electron chi connectivity index (χ1n) is 8.84. The van der Waals surface area contributed by atoms with Gasteiger partial charge in [0, 0.05) is 18.0 Å². The first-order valence-corrected chi connectivity index (χ1v) is 8.84. The second kappa shape index (κ2) is 8.35. The number of amides is 1. The normalized spacial score (nSPS) is 10.5. The fraction of sp³-hybridized carbons (Fsp3) is 0.0455. The number of aromatic nitrogens is 2. The van der Waals surface area contributed by atoms with Gasteiger partial charge in [-0.25, -0.2) is 9.18 Å². The van der Waals surface area contributed by atoms with Crippen LogP contribution in [-0.2, 0) is 11.3 Å². The quantitative estimate of drug-likeness (QED) is 0.502. The molecule has 1 N–H and O–H groups in total. The molecule has 0 fully saturated rings. The van der Waals surface area contributed by atoms with E-state index in [9.17, 15) is 9.18 Å². The van der Waals surface area contributed by atoms with Crippen molar-refractivity contribution >= 4 is 12.0 Å². The first kappa shape index (κ1) is 18.4. The Morgan fingerprint density at radius 1 is 0.966 bits per heavy atom. The molecule has 2 aromatic heterocycles. The molecule has 0 bridgehead atoms. The standard InChI is InChI=1S/C22H16FN3O3/c23-18-8-6-17(7-9-18)20-19(16-10-12-24-13-11-16)21(29-26-20)25-22(27)28-14-15-4-2-1-3-5-15/h1-13H,14H2,(H,25,27). The summed E-state index contributed by atoms with van der Waals surface area (Å²) in [6.07, 6.45) is 2.56. The lowest BCUT2D eigenvalue weighted by atomic mass is 10.0. The van der Waals surface area contributed by atoms with Crippen molar-refractivity contribution < 1.29 is 18.4 Å². The Balaban J connectivity index is 1.61. The third-order valence-corrected chi connectivity index (χ3v) is 4.21. The molecule has 144 valence electrons. The number of carbonyl (C=O) groups excluding carboxylic acids is 1. The summed E-state index contributed by atoms with van der Waals surface area (Å²) >= 11 is 0. The fourth-order valence-electron chi connectivity index (χ4n) is 2.82. The van der Waals surface area contributed by atoms with Gasteiger partial charge in [-0.2, -0.15) is 0 Å². The molecule has 4 rings (SSSR count). The average Bonchev–Trinajstić information content (AvgIpc) is 3.17. The average molecular weight is 389 g/mol. The van der Waals surface area contributed by atoms with Gasteiger partial charge >= 0.3 is 6.09 Å². The van der Waals surface area contributed by atoms with E-state index in [2.05, 4.69) is 15.5 Å². The predicted molar refractivity (Wildman–Crippen MR) is 105 cm³/mol. The smallest absolute Gasteiger partial charge is 0.414 e. The maximum absolute atomic E-state index is 13.3. The monoisotopic (exact) mass is 389 g/mol. The van der Waals surface area contributed by atoms with Crippen LogP contribution in [0, 0.1) is 5.82 Å². The summed E-state index contributed by atoms with van der Waals surface area (Å²) in [6, 6.07) is 18.7. The molecule has 6 nitrogen and oxygen atoms in total. The number of pyridine rings is 1. The maximum atomic E-state index is 13.3. The van der Waals surface area contributed by atoms with Crippen molar-refractivity contribution in [2.24, 2.45) is 0 Å². The van der Waals surface area contributed by atoms with Crippen LogP contribution in [-0.4, -0.2) is 16.2 Å². The third kappa shape index (κ3) is 4.30. The largest absolute Gasteiger partial charge is 0.444 e. The van der Waals surface area contributed by atoms with E-state index in [0.29, 0.717) is 16.8 Å². The molecular formula is C22H16FN3O3. The molecule has 0 saturated heterocycles. The molecule has 0 unspecified atom stereocenters. The van der Waals surface area contributed by atoms with Crippen molar-refractivity contribution in [1.29, 1.82) is 0 Å². The highest BCUT2D eigenvalue weighted by molar-refractivity contribution is 5.94. The minimum absolute atomic E-state index is 0.121. The maximum Gasteiger partial charge on any atom is 0.414 e. The Bertz CT molecular complexity index is 1100. The lowest BCUT2D eigenvalue weighted by molar-refractivity contribution is 0.154. The molecule has 0 radical (unpaired) electrons. The summed E-state index contributed by atoms with van der Waals surface area (Å²) in [7, 11) is 0. The number of nitrogens with zero attached hydrogens (tertiary/aromatic N) is 2. The fourth-order valence-corrected chi connectivity index (χ4v) is 2.82. The van der Waals surface area contributed by atoms with Crippen molar-refractivity contribution in [3.05, 3.63) is 90.5 Å². The van der Waals surface area contributed by atoms with E-state index >= 15 is 0 Å². The lowest BCUT2D eigenvalue weighted by Crippen LogP contribution is -2.13. The Morgan fingerprint density at radius 3 is 2.41 bits per heavy atom. The van der Waals surface area contributed by atoms with E-state index in [4.69, 9.17) is 9.26 Å². The van der Waals surface area contributed by atoms with Crippen molar-refractivity contribution in [3.8, 4) is 22.4 Å². The second-order valence-electron chi connectivity index (χ2n) is 6.16. The number of carbonyl (C=O) groups is 1. The van der Waals surface area contributed by atoms with Crippen molar-refractivity contribution in [1.82, 2.24) is 10.1 Å². The number of benzene rings is 2. The zero-order chi connectivity index (χ0) is 20.1. The number of anilines is 1. The van der Waals surface area contributed by atoms with Gasteiger partial charge in [-0.05, 0) is 47.5 Å². The molecule has 7 heteroatoms. The van der Waals surface area contributed by atoms with E-state index in [0.717, 1.165) is 11.1 Å². The number of rotatable bonds is 5. The van der Waals surface area contributed by atoms with Crippen LogP contribution >= 0.6 is 0 Å². The van der Waals surface area contributed by atoms with Gasteiger partial charge in [-0.3, -0.25) is 10.3 Å². The van der Waals surface area contributed by atoms with Crippen LogP contribution in [0.2, 0.25) is 0 Å². The molecule has 0 aliphatic rings. The van der Waals surface area contributed by atoms with Gasteiger partial charge < -0.3 is 9.26 Å². The molecule has 2 aromatic carbocycles. The van der Waals surface area contributed by atoms with Crippen LogP contribution < -0.4 is 5.32 Å². The van der Waals surface area contributed by atoms with Crippen molar-refractivity contribution in [3.63, 3.8) is 0 Å². The van der Waals surface area contributed by atoms with Gasteiger partial charge in [0.05, 0.1) is 5.56 Å². The SMILES string of the molecule is O=C(Nc1onc(-c2ccc(F)cc2)c1-c1ccncc1)OCc1ccccc1. The predicted octanol–water partition coefficient (Wildman–Crippen LogP) is 5.29.